The average Bonchev–Trinajstić information content (AvgIpc) is 3.47. The molecule has 1 aromatic heterocycles. The molecule has 0 spiro atoms. The van der Waals surface area contributed by atoms with Gasteiger partial charge in [0.15, 0.2) is 23.0 Å². The van der Waals surface area contributed by atoms with Crippen molar-refractivity contribution in [1.82, 2.24) is 10.1 Å². The fourth-order valence-corrected chi connectivity index (χ4v) is 4.00. The van der Waals surface area contributed by atoms with Crippen molar-refractivity contribution >= 4 is 5.91 Å². The molecule has 3 aromatic rings. The molecule has 5 rings (SSSR count). The Morgan fingerprint density at radius 2 is 1.96 bits per heavy atom. The Kier molecular flexibility index (Phi) is 4.04. The maximum absolute atomic E-state index is 13.1. The van der Waals surface area contributed by atoms with Gasteiger partial charge in [-0.1, -0.05) is 29.4 Å². The van der Waals surface area contributed by atoms with Crippen molar-refractivity contribution in [2.75, 3.05) is 13.3 Å². The van der Waals surface area contributed by atoms with Gasteiger partial charge in [0.2, 0.25) is 6.79 Å². The van der Waals surface area contributed by atoms with Crippen molar-refractivity contribution in [3.8, 4) is 22.8 Å². The molecule has 2 aromatic carbocycles. The summed E-state index contributed by atoms with van der Waals surface area (Å²) < 4.78 is 16.2. The van der Waals surface area contributed by atoms with Crippen molar-refractivity contribution in [2.45, 2.75) is 25.8 Å². The number of carbonyl (C=O) groups is 1. The summed E-state index contributed by atoms with van der Waals surface area (Å²) in [5, 5.41) is 4.04. The van der Waals surface area contributed by atoms with Crippen LogP contribution in [-0.2, 0) is 0 Å². The highest BCUT2D eigenvalue weighted by Gasteiger charge is 2.33. The van der Waals surface area contributed by atoms with Crippen molar-refractivity contribution < 1.29 is 18.8 Å². The molecule has 28 heavy (non-hydrogen) atoms. The lowest BCUT2D eigenvalue weighted by Gasteiger charge is -2.25. The van der Waals surface area contributed by atoms with E-state index < -0.39 is 0 Å². The first-order chi connectivity index (χ1) is 13.7. The number of carbonyl (C=O) groups excluding carboxylic acids is 1. The minimum atomic E-state index is -0.0958. The van der Waals surface area contributed by atoms with Crippen LogP contribution in [0, 0.1) is 6.92 Å². The Balaban J connectivity index is 1.41. The lowest BCUT2D eigenvalue weighted by Crippen LogP contribution is -2.31. The summed E-state index contributed by atoms with van der Waals surface area (Å²) in [4.78, 5) is 15.0. The van der Waals surface area contributed by atoms with Crippen LogP contribution in [0.1, 0.15) is 40.5 Å². The molecule has 0 bridgehead atoms. The standard InChI is InChI=1S/C22H20N2O4/c1-14-5-2-3-6-16(14)18-7-4-10-24(18)22(25)17-12-20(28-23-17)15-8-9-19-21(11-15)27-13-26-19/h2-3,5-6,8-9,11-12,18H,4,7,10,13H2,1H3/t18-/m1/s1. The summed E-state index contributed by atoms with van der Waals surface area (Å²) in [6, 6.07) is 15.6. The van der Waals surface area contributed by atoms with Gasteiger partial charge in [-0.3, -0.25) is 4.79 Å². The minimum absolute atomic E-state index is 0.0828. The second kappa shape index (κ2) is 6.71. The second-order valence-electron chi connectivity index (χ2n) is 7.16. The number of likely N-dealkylation sites (tertiary alicyclic amines) is 1. The highest BCUT2D eigenvalue weighted by atomic mass is 16.7. The zero-order valence-corrected chi connectivity index (χ0v) is 15.6. The van der Waals surface area contributed by atoms with Crippen LogP contribution in [0.25, 0.3) is 11.3 Å². The van der Waals surface area contributed by atoms with Crippen LogP contribution in [0.5, 0.6) is 11.5 Å². The molecular weight excluding hydrogens is 356 g/mol. The van der Waals surface area contributed by atoms with E-state index in [0.717, 1.165) is 24.9 Å². The molecule has 1 saturated heterocycles. The van der Waals surface area contributed by atoms with Gasteiger partial charge in [0.25, 0.3) is 5.91 Å². The summed E-state index contributed by atoms with van der Waals surface area (Å²) in [5.41, 5.74) is 3.53. The first kappa shape index (κ1) is 16.9. The van der Waals surface area contributed by atoms with E-state index in [1.165, 1.54) is 11.1 Å². The number of hydrogen-bond donors (Lipinski definition) is 0. The number of nitrogens with zero attached hydrogens (tertiary/aromatic N) is 2. The molecule has 0 aliphatic carbocycles. The van der Waals surface area contributed by atoms with Crippen LogP contribution < -0.4 is 9.47 Å². The van der Waals surface area contributed by atoms with E-state index in [0.29, 0.717) is 23.0 Å². The van der Waals surface area contributed by atoms with Gasteiger partial charge >= 0.3 is 0 Å². The van der Waals surface area contributed by atoms with E-state index >= 15 is 0 Å². The molecule has 6 heteroatoms. The Bertz CT molecular complexity index is 1040. The number of aromatic nitrogens is 1. The zero-order valence-electron chi connectivity index (χ0n) is 15.6. The minimum Gasteiger partial charge on any atom is -0.454 e. The third kappa shape index (κ3) is 2.81. The van der Waals surface area contributed by atoms with Crippen molar-refractivity contribution in [3.05, 3.63) is 65.4 Å². The molecule has 0 unspecified atom stereocenters. The highest BCUT2D eigenvalue weighted by Crippen LogP contribution is 2.37. The third-order valence-corrected chi connectivity index (χ3v) is 5.45. The summed E-state index contributed by atoms with van der Waals surface area (Å²) >= 11 is 0. The SMILES string of the molecule is Cc1ccccc1[C@H]1CCCN1C(=O)c1cc(-c2ccc3c(c2)OCO3)on1. The van der Waals surface area contributed by atoms with Gasteiger partial charge in [0.05, 0.1) is 6.04 Å². The molecule has 1 amide bonds. The molecule has 1 atom stereocenters. The number of hydrogen-bond acceptors (Lipinski definition) is 5. The molecule has 142 valence electrons. The van der Waals surface area contributed by atoms with Gasteiger partial charge < -0.3 is 18.9 Å². The van der Waals surface area contributed by atoms with Gasteiger partial charge in [0, 0.05) is 18.2 Å². The van der Waals surface area contributed by atoms with Gasteiger partial charge in [-0.15, -0.1) is 0 Å². The van der Waals surface area contributed by atoms with E-state index in [1.54, 1.807) is 6.07 Å². The Morgan fingerprint density at radius 1 is 1.11 bits per heavy atom. The average molecular weight is 376 g/mol. The normalized spacial score (nSPS) is 17.9. The Morgan fingerprint density at radius 3 is 2.86 bits per heavy atom. The number of aryl methyl sites for hydroxylation is 1. The number of rotatable bonds is 3. The van der Waals surface area contributed by atoms with Crippen LogP contribution >= 0.6 is 0 Å². The van der Waals surface area contributed by atoms with Gasteiger partial charge in [-0.25, -0.2) is 0 Å². The molecule has 3 heterocycles. The first-order valence-corrected chi connectivity index (χ1v) is 9.44. The number of amides is 1. The van der Waals surface area contributed by atoms with E-state index in [2.05, 4.69) is 24.2 Å². The lowest BCUT2D eigenvalue weighted by molar-refractivity contribution is 0.0725. The molecule has 0 N–H and O–H groups in total. The Labute approximate surface area is 162 Å². The van der Waals surface area contributed by atoms with Crippen molar-refractivity contribution in [2.24, 2.45) is 0 Å². The van der Waals surface area contributed by atoms with Crippen LogP contribution in [0.4, 0.5) is 0 Å². The van der Waals surface area contributed by atoms with Crippen molar-refractivity contribution in [3.63, 3.8) is 0 Å². The highest BCUT2D eigenvalue weighted by molar-refractivity contribution is 5.93. The van der Waals surface area contributed by atoms with Gasteiger partial charge in [0.1, 0.15) is 0 Å². The van der Waals surface area contributed by atoms with E-state index in [-0.39, 0.29) is 18.7 Å². The molecule has 1 fully saturated rings. The third-order valence-electron chi connectivity index (χ3n) is 5.45. The fraction of sp³-hybridized carbons (Fsp3) is 0.273. The summed E-state index contributed by atoms with van der Waals surface area (Å²) in [6.45, 7) is 3.03. The predicted molar refractivity (Wildman–Crippen MR) is 102 cm³/mol. The molecular formula is C22H20N2O4. The zero-order chi connectivity index (χ0) is 19.1. The van der Waals surface area contributed by atoms with Crippen LogP contribution in [0.15, 0.2) is 53.1 Å². The summed E-state index contributed by atoms with van der Waals surface area (Å²) in [6.07, 6.45) is 1.95. The van der Waals surface area contributed by atoms with Gasteiger partial charge in [-0.2, -0.15) is 0 Å². The number of benzene rings is 2. The largest absolute Gasteiger partial charge is 0.454 e. The lowest BCUT2D eigenvalue weighted by atomic mass is 9.99. The number of fused-ring (bicyclic) bond motifs is 1. The molecule has 2 aliphatic rings. The summed E-state index contributed by atoms with van der Waals surface area (Å²) in [7, 11) is 0. The first-order valence-electron chi connectivity index (χ1n) is 9.44. The monoisotopic (exact) mass is 376 g/mol. The van der Waals surface area contributed by atoms with E-state index in [1.807, 2.05) is 35.2 Å². The van der Waals surface area contributed by atoms with Crippen LogP contribution in [0.2, 0.25) is 0 Å². The number of ether oxygens (including phenoxy) is 2. The van der Waals surface area contributed by atoms with Crippen LogP contribution in [-0.4, -0.2) is 29.3 Å². The maximum Gasteiger partial charge on any atom is 0.276 e. The van der Waals surface area contributed by atoms with Gasteiger partial charge in [-0.05, 0) is 49.1 Å². The van der Waals surface area contributed by atoms with Crippen molar-refractivity contribution in [1.29, 1.82) is 0 Å². The topological polar surface area (TPSA) is 64.8 Å². The molecule has 6 nitrogen and oxygen atoms in total. The fourth-order valence-electron chi connectivity index (χ4n) is 4.00. The molecule has 2 aliphatic heterocycles. The van der Waals surface area contributed by atoms with E-state index in [9.17, 15) is 4.79 Å². The Hall–Kier alpha value is -3.28. The molecule has 0 saturated carbocycles. The second-order valence-corrected chi connectivity index (χ2v) is 7.16. The predicted octanol–water partition coefficient (Wildman–Crippen LogP) is 4.36. The molecule has 0 radical (unpaired) electrons. The quantitative estimate of drug-likeness (QED) is 0.680. The van der Waals surface area contributed by atoms with E-state index in [4.69, 9.17) is 14.0 Å². The maximum atomic E-state index is 13.1. The van der Waals surface area contributed by atoms with Crippen LogP contribution in [0.3, 0.4) is 0 Å². The summed E-state index contributed by atoms with van der Waals surface area (Å²) in [5.74, 6) is 1.81. The smallest absolute Gasteiger partial charge is 0.276 e.